The molecule has 3 aliphatic heterocycles. The molecule has 0 aliphatic carbocycles. The van der Waals surface area contributed by atoms with Gasteiger partial charge in [-0.05, 0) is 66.8 Å². The van der Waals surface area contributed by atoms with Crippen molar-refractivity contribution in [2.75, 3.05) is 44.2 Å². The van der Waals surface area contributed by atoms with Gasteiger partial charge in [-0.1, -0.05) is 35.9 Å². The summed E-state index contributed by atoms with van der Waals surface area (Å²) in [5, 5.41) is 16.4. The summed E-state index contributed by atoms with van der Waals surface area (Å²) < 4.78 is 36.5. The predicted molar refractivity (Wildman–Crippen MR) is 157 cm³/mol. The standard InChI is InChI=1S/C31H32ClF2N5O2/c32-26-14-25-29(28(34)27(26)24-13-22(40)12-18-4-1-2-6-23(18)24)36-31(41-11-10-38-9-3-5-19(33)15-38)37-30(25)39-16-20-7-8-21(17-39)35-20/h1-2,4,6,12-14,19-21,35,40H,3,5,7-11,15-17H2/t19-,20?,21?/m1/s1. The van der Waals surface area contributed by atoms with Crippen LogP contribution in [-0.2, 0) is 0 Å². The molecule has 10 heteroatoms. The van der Waals surface area contributed by atoms with E-state index in [0.29, 0.717) is 48.4 Å². The van der Waals surface area contributed by atoms with Crippen LogP contribution >= 0.6 is 11.6 Å². The molecule has 1 aromatic heterocycles. The van der Waals surface area contributed by atoms with Crippen molar-refractivity contribution in [3.63, 3.8) is 0 Å². The topological polar surface area (TPSA) is 73.8 Å². The van der Waals surface area contributed by atoms with Crippen molar-refractivity contribution in [1.29, 1.82) is 0 Å². The van der Waals surface area contributed by atoms with E-state index in [1.807, 2.05) is 29.2 Å². The number of phenols is 1. The Bertz CT molecular complexity index is 1610. The number of halogens is 3. The van der Waals surface area contributed by atoms with E-state index < -0.39 is 12.0 Å². The number of rotatable bonds is 6. The number of fused-ring (bicyclic) bond motifs is 4. The highest BCUT2D eigenvalue weighted by molar-refractivity contribution is 6.35. The Kier molecular flexibility index (Phi) is 7.05. The molecule has 3 aliphatic rings. The molecule has 41 heavy (non-hydrogen) atoms. The van der Waals surface area contributed by atoms with Crippen molar-refractivity contribution < 1.29 is 18.6 Å². The monoisotopic (exact) mass is 579 g/mol. The Balaban J connectivity index is 1.32. The molecule has 3 aromatic carbocycles. The molecule has 2 unspecified atom stereocenters. The number of nitrogens with zero attached hydrogens (tertiary/aromatic N) is 4. The van der Waals surface area contributed by atoms with E-state index in [2.05, 4.69) is 15.2 Å². The highest BCUT2D eigenvalue weighted by Crippen LogP contribution is 2.42. The summed E-state index contributed by atoms with van der Waals surface area (Å²) in [4.78, 5) is 13.5. The number of nitrogens with one attached hydrogen (secondary N) is 1. The first-order valence-corrected chi connectivity index (χ1v) is 14.7. The van der Waals surface area contributed by atoms with Gasteiger partial charge >= 0.3 is 6.01 Å². The number of likely N-dealkylation sites (tertiary alicyclic amines) is 1. The lowest BCUT2D eigenvalue weighted by molar-refractivity contribution is 0.119. The summed E-state index contributed by atoms with van der Waals surface area (Å²) in [5.74, 6) is 0.0238. The lowest BCUT2D eigenvalue weighted by Crippen LogP contribution is -2.51. The second-order valence-electron chi connectivity index (χ2n) is 11.4. The van der Waals surface area contributed by atoms with Crippen molar-refractivity contribution >= 4 is 39.1 Å². The number of phenolic OH excluding ortho intramolecular Hbond substituents is 1. The second kappa shape index (κ2) is 10.9. The van der Waals surface area contributed by atoms with Gasteiger partial charge in [0.1, 0.15) is 29.9 Å². The summed E-state index contributed by atoms with van der Waals surface area (Å²) in [7, 11) is 0. The van der Waals surface area contributed by atoms with Crippen LogP contribution in [-0.4, -0.2) is 77.6 Å². The summed E-state index contributed by atoms with van der Waals surface area (Å²) in [5.41, 5.74) is 0.771. The summed E-state index contributed by atoms with van der Waals surface area (Å²) in [6.45, 7) is 3.51. The Hall–Kier alpha value is -3.27. The van der Waals surface area contributed by atoms with Crippen molar-refractivity contribution in [3.8, 4) is 22.9 Å². The van der Waals surface area contributed by atoms with E-state index in [0.717, 1.165) is 49.7 Å². The van der Waals surface area contributed by atoms with E-state index in [4.69, 9.17) is 21.3 Å². The number of hydrogen-bond acceptors (Lipinski definition) is 7. The third-order valence-corrected chi connectivity index (χ3v) is 8.86. The molecule has 0 spiro atoms. The number of aromatic hydroxyl groups is 1. The lowest BCUT2D eigenvalue weighted by atomic mass is 9.96. The first-order valence-electron chi connectivity index (χ1n) is 14.3. The molecule has 3 fully saturated rings. The highest BCUT2D eigenvalue weighted by Gasteiger charge is 2.34. The minimum absolute atomic E-state index is 0.0196. The van der Waals surface area contributed by atoms with Crippen LogP contribution in [0.2, 0.25) is 5.02 Å². The molecule has 2 bridgehead atoms. The maximum atomic E-state index is 16.6. The van der Waals surface area contributed by atoms with Crippen LogP contribution in [0.1, 0.15) is 25.7 Å². The van der Waals surface area contributed by atoms with E-state index in [1.54, 1.807) is 12.1 Å². The first-order chi connectivity index (χ1) is 19.9. The van der Waals surface area contributed by atoms with E-state index in [1.165, 1.54) is 6.07 Å². The van der Waals surface area contributed by atoms with Crippen LogP contribution in [0.3, 0.4) is 0 Å². The van der Waals surface area contributed by atoms with Gasteiger partial charge in [0.2, 0.25) is 0 Å². The van der Waals surface area contributed by atoms with Crippen molar-refractivity contribution in [3.05, 3.63) is 53.3 Å². The predicted octanol–water partition coefficient (Wildman–Crippen LogP) is 5.70. The Morgan fingerprint density at radius 3 is 2.63 bits per heavy atom. The average Bonchev–Trinajstić information content (AvgIpc) is 3.30. The van der Waals surface area contributed by atoms with Crippen LogP contribution in [0.4, 0.5) is 14.6 Å². The van der Waals surface area contributed by atoms with Gasteiger partial charge in [0.25, 0.3) is 0 Å². The Labute approximate surface area is 242 Å². The minimum Gasteiger partial charge on any atom is -0.508 e. The third kappa shape index (κ3) is 5.15. The number of aromatic nitrogens is 2. The normalized spacial score (nSPS) is 23.0. The quantitative estimate of drug-likeness (QED) is 0.303. The number of anilines is 1. The average molecular weight is 580 g/mol. The van der Waals surface area contributed by atoms with Gasteiger partial charge in [-0.15, -0.1) is 0 Å². The van der Waals surface area contributed by atoms with Gasteiger partial charge in [-0.3, -0.25) is 4.90 Å². The minimum atomic E-state index is -0.818. The summed E-state index contributed by atoms with van der Waals surface area (Å²) >= 11 is 6.82. The zero-order valence-electron chi connectivity index (χ0n) is 22.6. The molecule has 4 heterocycles. The van der Waals surface area contributed by atoms with Gasteiger partial charge in [0, 0.05) is 49.2 Å². The number of piperidine rings is 1. The zero-order valence-corrected chi connectivity index (χ0v) is 23.4. The largest absolute Gasteiger partial charge is 0.508 e. The molecular weight excluding hydrogens is 548 g/mol. The fraction of sp³-hybridized carbons (Fsp3) is 0.419. The number of hydrogen-bond donors (Lipinski definition) is 2. The SMILES string of the molecule is Oc1cc(-c2c(Cl)cc3c(N4CC5CCC(C4)N5)nc(OCCN4CCC[C@@H](F)C4)nc3c2F)c2ccccc2c1. The van der Waals surface area contributed by atoms with Crippen LogP contribution in [0.25, 0.3) is 32.8 Å². The van der Waals surface area contributed by atoms with Crippen LogP contribution in [0.15, 0.2) is 42.5 Å². The fourth-order valence-electron chi connectivity index (χ4n) is 6.65. The number of alkyl halides is 1. The van der Waals surface area contributed by atoms with Crippen molar-refractivity contribution in [2.24, 2.45) is 0 Å². The molecule has 3 saturated heterocycles. The zero-order chi connectivity index (χ0) is 28.1. The molecule has 2 N–H and O–H groups in total. The first kappa shape index (κ1) is 26.6. The van der Waals surface area contributed by atoms with Gasteiger partial charge in [0.05, 0.1) is 5.02 Å². The molecule has 7 nitrogen and oxygen atoms in total. The molecule has 3 atom stereocenters. The summed E-state index contributed by atoms with van der Waals surface area (Å²) in [6.07, 6.45) is 2.77. The van der Waals surface area contributed by atoms with Crippen molar-refractivity contribution in [1.82, 2.24) is 20.2 Å². The molecule has 4 aromatic rings. The molecule has 0 saturated carbocycles. The van der Waals surface area contributed by atoms with E-state index >= 15 is 4.39 Å². The van der Waals surface area contributed by atoms with Crippen LogP contribution in [0, 0.1) is 5.82 Å². The molecule has 7 rings (SSSR count). The molecule has 214 valence electrons. The number of piperazine rings is 1. The maximum Gasteiger partial charge on any atom is 0.319 e. The highest BCUT2D eigenvalue weighted by atomic mass is 35.5. The second-order valence-corrected chi connectivity index (χ2v) is 11.8. The van der Waals surface area contributed by atoms with Crippen LogP contribution < -0.4 is 15.0 Å². The van der Waals surface area contributed by atoms with E-state index in [-0.39, 0.29) is 34.5 Å². The van der Waals surface area contributed by atoms with Crippen molar-refractivity contribution in [2.45, 2.75) is 43.9 Å². The van der Waals surface area contributed by atoms with Gasteiger partial charge in [0.15, 0.2) is 5.82 Å². The van der Waals surface area contributed by atoms with Crippen LogP contribution in [0.5, 0.6) is 11.8 Å². The number of ether oxygens (including phenoxy) is 1. The Morgan fingerprint density at radius 2 is 1.83 bits per heavy atom. The molecule has 0 radical (unpaired) electrons. The summed E-state index contributed by atoms with van der Waals surface area (Å²) in [6, 6.07) is 13.1. The maximum absolute atomic E-state index is 16.6. The van der Waals surface area contributed by atoms with E-state index in [9.17, 15) is 9.50 Å². The third-order valence-electron chi connectivity index (χ3n) is 8.56. The lowest BCUT2D eigenvalue weighted by Gasteiger charge is -2.34. The fourth-order valence-corrected chi connectivity index (χ4v) is 6.95. The molecular formula is C31H32ClF2N5O2. The van der Waals surface area contributed by atoms with Gasteiger partial charge in [-0.2, -0.15) is 9.97 Å². The number of benzene rings is 3. The van der Waals surface area contributed by atoms with Gasteiger partial charge < -0.3 is 20.1 Å². The molecule has 0 amide bonds. The van der Waals surface area contributed by atoms with Gasteiger partial charge in [-0.25, -0.2) is 8.78 Å². The smallest absolute Gasteiger partial charge is 0.319 e. The Morgan fingerprint density at radius 1 is 1.02 bits per heavy atom.